The van der Waals surface area contributed by atoms with Crippen LogP contribution in [0.4, 0.5) is 0 Å². The largest absolute Gasteiger partial charge is 0.327 e. The van der Waals surface area contributed by atoms with Crippen LogP contribution in [0.15, 0.2) is 12.2 Å². The van der Waals surface area contributed by atoms with Gasteiger partial charge in [0, 0.05) is 19.1 Å². The lowest BCUT2D eigenvalue weighted by molar-refractivity contribution is 0.314. The highest BCUT2D eigenvalue weighted by molar-refractivity contribution is 4.91. The van der Waals surface area contributed by atoms with Crippen LogP contribution >= 0.6 is 0 Å². The predicted octanol–water partition coefficient (Wildman–Crippen LogP) is 1.87. The van der Waals surface area contributed by atoms with Gasteiger partial charge in [-0.05, 0) is 26.3 Å². The Morgan fingerprint density at radius 1 is 1.46 bits per heavy atom. The SMILES string of the molecule is C=C(C)CN(C)CC(N)CC(C)C. The van der Waals surface area contributed by atoms with Crippen molar-refractivity contribution in [1.29, 1.82) is 0 Å². The van der Waals surface area contributed by atoms with Gasteiger partial charge in [-0.1, -0.05) is 26.0 Å². The predicted molar refractivity (Wildman–Crippen MR) is 59.7 cm³/mol. The molecule has 0 aliphatic carbocycles. The van der Waals surface area contributed by atoms with Crippen molar-refractivity contribution < 1.29 is 0 Å². The van der Waals surface area contributed by atoms with Gasteiger partial charge in [-0.15, -0.1) is 0 Å². The molecule has 0 rings (SSSR count). The second-order valence-electron chi connectivity index (χ2n) is 4.54. The summed E-state index contributed by atoms with van der Waals surface area (Å²) >= 11 is 0. The Labute approximate surface area is 82.8 Å². The van der Waals surface area contributed by atoms with Crippen LogP contribution in [0.1, 0.15) is 27.2 Å². The molecule has 0 aromatic rings. The molecule has 0 spiro atoms. The maximum absolute atomic E-state index is 5.98. The van der Waals surface area contributed by atoms with Gasteiger partial charge in [0.25, 0.3) is 0 Å². The van der Waals surface area contributed by atoms with E-state index in [0.29, 0.717) is 12.0 Å². The van der Waals surface area contributed by atoms with E-state index in [-0.39, 0.29) is 0 Å². The highest BCUT2D eigenvalue weighted by Gasteiger charge is 2.08. The average Bonchev–Trinajstić information content (AvgIpc) is 1.80. The van der Waals surface area contributed by atoms with Crippen molar-refractivity contribution in [3.63, 3.8) is 0 Å². The first kappa shape index (κ1) is 12.7. The van der Waals surface area contributed by atoms with Crippen LogP contribution in [-0.2, 0) is 0 Å². The minimum absolute atomic E-state index is 0.296. The number of hydrogen-bond acceptors (Lipinski definition) is 2. The Kier molecular flexibility index (Phi) is 6.00. The Hall–Kier alpha value is -0.340. The molecule has 0 saturated carbocycles. The van der Waals surface area contributed by atoms with Crippen molar-refractivity contribution in [3.05, 3.63) is 12.2 Å². The van der Waals surface area contributed by atoms with Gasteiger partial charge in [0.05, 0.1) is 0 Å². The third-order valence-electron chi connectivity index (χ3n) is 1.86. The van der Waals surface area contributed by atoms with E-state index in [1.54, 1.807) is 0 Å². The molecule has 0 amide bonds. The van der Waals surface area contributed by atoms with E-state index in [1.165, 1.54) is 5.57 Å². The van der Waals surface area contributed by atoms with Crippen LogP contribution in [0.3, 0.4) is 0 Å². The fraction of sp³-hybridized carbons (Fsp3) is 0.818. The van der Waals surface area contributed by atoms with Crippen molar-refractivity contribution in [3.8, 4) is 0 Å². The standard InChI is InChI=1S/C11H24N2/c1-9(2)6-11(12)8-13(5)7-10(3)4/h9,11H,3,6-8,12H2,1-2,4-5H3. The van der Waals surface area contributed by atoms with Gasteiger partial charge in [0.2, 0.25) is 0 Å². The molecule has 1 unspecified atom stereocenters. The Bertz CT molecular complexity index is 152. The zero-order valence-electron chi connectivity index (χ0n) is 9.51. The van der Waals surface area contributed by atoms with E-state index in [9.17, 15) is 0 Å². The van der Waals surface area contributed by atoms with E-state index >= 15 is 0 Å². The molecule has 0 heterocycles. The molecule has 0 bridgehead atoms. The fourth-order valence-corrected chi connectivity index (χ4v) is 1.61. The molecule has 0 saturated heterocycles. The van der Waals surface area contributed by atoms with Crippen molar-refractivity contribution in [2.24, 2.45) is 11.7 Å². The quantitative estimate of drug-likeness (QED) is 0.639. The molecule has 1 atom stereocenters. The Balaban J connectivity index is 3.64. The van der Waals surface area contributed by atoms with Crippen molar-refractivity contribution >= 4 is 0 Å². The van der Waals surface area contributed by atoms with E-state index in [4.69, 9.17) is 5.73 Å². The molecule has 0 aromatic heterocycles. The molecular weight excluding hydrogens is 160 g/mol. The fourth-order valence-electron chi connectivity index (χ4n) is 1.61. The van der Waals surface area contributed by atoms with Gasteiger partial charge in [0.1, 0.15) is 0 Å². The smallest absolute Gasteiger partial charge is 0.0185 e. The molecule has 2 nitrogen and oxygen atoms in total. The van der Waals surface area contributed by atoms with Crippen LogP contribution in [0.5, 0.6) is 0 Å². The lowest BCUT2D eigenvalue weighted by Crippen LogP contribution is -2.36. The summed E-state index contributed by atoms with van der Waals surface area (Å²) in [6.45, 7) is 12.3. The van der Waals surface area contributed by atoms with Crippen molar-refractivity contribution in [2.75, 3.05) is 20.1 Å². The highest BCUT2D eigenvalue weighted by atomic mass is 15.1. The minimum Gasteiger partial charge on any atom is -0.327 e. The number of nitrogens with zero attached hydrogens (tertiary/aromatic N) is 1. The summed E-state index contributed by atoms with van der Waals surface area (Å²) in [5, 5.41) is 0. The van der Waals surface area contributed by atoms with E-state index in [1.807, 2.05) is 6.92 Å². The monoisotopic (exact) mass is 184 g/mol. The van der Waals surface area contributed by atoms with Crippen LogP contribution in [0.2, 0.25) is 0 Å². The third-order valence-corrected chi connectivity index (χ3v) is 1.86. The van der Waals surface area contributed by atoms with Gasteiger partial charge < -0.3 is 10.6 Å². The first-order chi connectivity index (χ1) is 5.91. The average molecular weight is 184 g/mol. The van der Waals surface area contributed by atoms with Gasteiger partial charge in [-0.25, -0.2) is 0 Å². The Morgan fingerprint density at radius 2 is 2.00 bits per heavy atom. The molecule has 2 N–H and O–H groups in total. The molecule has 0 aliphatic rings. The molecule has 13 heavy (non-hydrogen) atoms. The lowest BCUT2D eigenvalue weighted by atomic mass is 10.0. The first-order valence-corrected chi connectivity index (χ1v) is 5.00. The number of hydrogen-bond donors (Lipinski definition) is 1. The summed E-state index contributed by atoms with van der Waals surface area (Å²) in [5.74, 6) is 0.688. The summed E-state index contributed by atoms with van der Waals surface area (Å²) in [7, 11) is 2.09. The third kappa shape index (κ3) is 8.00. The zero-order chi connectivity index (χ0) is 10.4. The molecular formula is C11H24N2. The van der Waals surface area contributed by atoms with E-state index in [2.05, 4.69) is 32.4 Å². The normalized spacial score (nSPS) is 13.8. The van der Waals surface area contributed by atoms with Crippen molar-refractivity contribution in [1.82, 2.24) is 4.90 Å². The van der Waals surface area contributed by atoms with Crippen LogP contribution in [0, 0.1) is 5.92 Å². The van der Waals surface area contributed by atoms with Gasteiger partial charge in [-0.3, -0.25) is 0 Å². The highest BCUT2D eigenvalue weighted by Crippen LogP contribution is 2.04. The summed E-state index contributed by atoms with van der Waals surface area (Å²) in [5.41, 5.74) is 7.17. The second-order valence-corrected chi connectivity index (χ2v) is 4.54. The minimum atomic E-state index is 0.296. The molecule has 78 valence electrons. The summed E-state index contributed by atoms with van der Waals surface area (Å²) in [4.78, 5) is 2.23. The molecule has 0 radical (unpaired) electrons. The van der Waals surface area contributed by atoms with Crippen LogP contribution in [-0.4, -0.2) is 31.1 Å². The van der Waals surface area contributed by atoms with E-state index in [0.717, 1.165) is 19.5 Å². The maximum atomic E-state index is 5.98. The number of likely N-dealkylation sites (N-methyl/N-ethyl adjacent to an activating group) is 1. The molecule has 0 aliphatic heterocycles. The summed E-state index contributed by atoms with van der Waals surface area (Å²) in [6.07, 6.45) is 1.10. The number of rotatable bonds is 6. The van der Waals surface area contributed by atoms with Crippen LogP contribution < -0.4 is 5.73 Å². The van der Waals surface area contributed by atoms with E-state index < -0.39 is 0 Å². The molecule has 2 heteroatoms. The zero-order valence-corrected chi connectivity index (χ0v) is 9.51. The second kappa shape index (κ2) is 6.17. The van der Waals surface area contributed by atoms with Gasteiger partial charge in [-0.2, -0.15) is 0 Å². The lowest BCUT2D eigenvalue weighted by Gasteiger charge is -2.22. The van der Waals surface area contributed by atoms with Gasteiger partial charge in [0.15, 0.2) is 0 Å². The maximum Gasteiger partial charge on any atom is 0.0185 e. The Morgan fingerprint density at radius 3 is 2.38 bits per heavy atom. The molecule has 0 fully saturated rings. The van der Waals surface area contributed by atoms with Gasteiger partial charge >= 0.3 is 0 Å². The van der Waals surface area contributed by atoms with Crippen LogP contribution in [0.25, 0.3) is 0 Å². The summed E-state index contributed by atoms with van der Waals surface area (Å²) < 4.78 is 0. The molecule has 0 aromatic carbocycles. The first-order valence-electron chi connectivity index (χ1n) is 5.00. The number of nitrogens with two attached hydrogens (primary N) is 1. The summed E-state index contributed by atoms with van der Waals surface area (Å²) in [6, 6.07) is 0.296. The van der Waals surface area contributed by atoms with Crippen molar-refractivity contribution in [2.45, 2.75) is 33.2 Å². The topological polar surface area (TPSA) is 29.3 Å².